The van der Waals surface area contributed by atoms with Crippen molar-refractivity contribution in [3.63, 3.8) is 0 Å². The highest BCUT2D eigenvalue weighted by atomic mass is 19.4. The third-order valence-corrected chi connectivity index (χ3v) is 3.95. The molecule has 0 spiro atoms. The Hall–Kier alpha value is -0.290. The summed E-state index contributed by atoms with van der Waals surface area (Å²) in [6, 6.07) is 0. The molecule has 19 heavy (non-hydrogen) atoms. The number of piperidine rings is 1. The molecule has 1 fully saturated rings. The van der Waals surface area contributed by atoms with Crippen LogP contribution in [0.3, 0.4) is 0 Å². The van der Waals surface area contributed by atoms with Crippen molar-refractivity contribution in [1.82, 2.24) is 10.2 Å². The summed E-state index contributed by atoms with van der Waals surface area (Å²) in [5.74, 6) is 0. The Labute approximate surface area is 114 Å². The second-order valence-electron chi connectivity index (χ2n) is 5.83. The molecule has 1 aliphatic rings. The molecule has 0 aromatic heterocycles. The zero-order valence-electron chi connectivity index (χ0n) is 12.2. The molecule has 1 N–H and O–H groups in total. The highest BCUT2D eigenvalue weighted by Crippen LogP contribution is 2.35. The Kier molecular flexibility index (Phi) is 6.60. The first-order chi connectivity index (χ1) is 8.91. The number of hydrogen-bond donors (Lipinski definition) is 1. The summed E-state index contributed by atoms with van der Waals surface area (Å²) in [5, 5.41) is 3.31. The second-order valence-corrected chi connectivity index (χ2v) is 5.83. The van der Waals surface area contributed by atoms with Crippen molar-refractivity contribution in [3.8, 4) is 0 Å². The first-order valence-electron chi connectivity index (χ1n) is 7.40. The smallest absolute Gasteiger partial charge is 0.317 e. The molecule has 1 rings (SSSR count). The van der Waals surface area contributed by atoms with Crippen LogP contribution in [0.1, 0.15) is 46.0 Å². The van der Waals surface area contributed by atoms with Crippen molar-refractivity contribution in [2.45, 2.75) is 52.1 Å². The van der Waals surface area contributed by atoms with Gasteiger partial charge in [-0.2, -0.15) is 13.2 Å². The Morgan fingerprint density at radius 2 is 1.74 bits per heavy atom. The Morgan fingerprint density at radius 3 is 2.21 bits per heavy atom. The van der Waals surface area contributed by atoms with E-state index in [1.807, 2.05) is 6.92 Å². The summed E-state index contributed by atoms with van der Waals surface area (Å²) in [4.78, 5) is 1.61. The predicted octanol–water partition coefficient (Wildman–Crippen LogP) is 3.43. The van der Waals surface area contributed by atoms with Gasteiger partial charge in [0.1, 0.15) is 0 Å². The summed E-state index contributed by atoms with van der Waals surface area (Å²) in [6.07, 6.45) is 0.766. The van der Waals surface area contributed by atoms with E-state index in [0.29, 0.717) is 13.1 Å². The van der Waals surface area contributed by atoms with Gasteiger partial charge in [-0.05, 0) is 50.7 Å². The number of rotatable bonds is 7. The van der Waals surface area contributed by atoms with E-state index in [1.54, 1.807) is 4.90 Å². The SMILES string of the molecule is CCCN(CC(F)(F)F)CC1(CCC)CCNCC1. The number of alkyl halides is 3. The van der Waals surface area contributed by atoms with Crippen LogP contribution in [0.25, 0.3) is 0 Å². The van der Waals surface area contributed by atoms with Crippen molar-refractivity contribution in [3.05, 3.63) is 0 Å². The lowest BCUT2D eigenvalue weighted by atomic mass is 9.75. The molecule has 0 atom stereocenters. The molecule has 0 aliphatic carbocycles. The van der Waals surface area contributed by atoms with E-state index in [4.69, 9.17) is 0 Å². The van der Waals surface area contributed by atoms with Crippen molar-refractivity contribution >= 4 is 0 Å². The van der Waals surface area contributed by atoms with Gasteiger partial charge in [-0.1, -0.05) is 20.3 Å². The van der Waals surface area contributed by atoms with Gasteiger partial charge in [0, 0.05) is 6.54 Å². The summed E-state index contributed by atoms with van der Waals surface area (Å²) >= 11 is 0. The van der Waals surface area contributed by atoms with Crippen LogP contribution in [0.5, 0.6) is 0 Å². The first kappa shape index (κ1) is 16.8. The molecule has 5 heteroatoms. The van der Waals surface area contributed by atoms with Crippen LogP contribution in [0.4, 0.5) is 13.2 Å². The number of halogens is 3. The normalized spacial score (nSPS) is 19.9. The molecule has 1 saturated heterocycles. The van der Waals surface area contributed by atoms with Gasteiger partial charge in [-0.15, -0.1) is 0 Å². The van der Waals surface area contributed by atoms with Crippen LogP contribution in [0, 0.1) is 5.41 Å². The van der Waals surface area contributed by atoms with Gasteiger partial charge in [0.25, 0.3) is 0 Å². The quantitative estimate of drug-likeness (QED) is 0.768. The van der Waals surface area contributed by atoms with E-state index >= 15 is 0 Å². The second kappa shape index (κ2) is 7.48. The van der Waals surface area contributed by atoms with Gasteiger partial charge in [-0.3, -0.25) is 4.90 Å². The fourth-order valence-electron chi connectivity index (χ4n) is 3.23. The summed E-state index contributed by atoms with van der Waals surface area (Å²) < 4.78 is 37.9. The van der Waals surface area contributed by atoms with Crippen LogP contribution >= 0.6 is 0 Å². The van der Waals surface area contributed by atoms with Crippen molar-refractivity contribution in [2.24, 2.45) is 5.41 Å². The van der Waals surface area contributed by atoms with Crippen molar-refractivity contribution in [2.75, 3.05) is 32.7 Å². The van der Waals surface area contributed by atoms with E-state index in [-0.39, 0.29) is 5.41 Å². The van der Waals surface area contributed by atoms with E-state index in [1.165, 1.54) is 0 Å². The zero-order chi connectivity index (χ0) is 14.4. The Balaban J connectivity index is 2.66. The molecule has 0 aromatic rings. The third kappa shape index (κ3) is 6.13. The van der Waals surface area contributed by atoms with E-state index in [9.17, 15) is 13.2 Å². The zero-order valence-corrected chi connectivity index (χ0v) is 12.2. The predicted molar refractivity (Wildman–Crippen MR) is 72.2 cm³/mol. The summed E-state index contributed by atoms with van der Waals surface area (Å²) in [6.45, 7) is 6.31. The molecule has 0 amide bonds. The molecule has 0 bridgehead atoms. The van der Waals surface area contributed by atoms with E-state index in [2.05, 4.69) is 12.2 Å². The van der Waals surface area contributed by atoms with Crippen LogP contribution in [-0.4, -0.2) is 43.8 Å². The molecule has 1 aliphatic heterocycles. The minimum absolute atomic E-state index is 0.0838. The minimum Gasteiger partial charge on any atom is -0.317 e. The Bertz CT molecular complexity index is 242. The maximum absolute atomic E-state index is 12.6. The van der Waals surface area contributed by atoms with Gasteiger partial charge in [0.2, 0.25) is 0 Å². The molecule has 114 valence electrons. The van der Waals surface area contributed by atoms with Crippen molar-refractivity contribution in [1.29, 1.82) is 0 Å². The van der Waals surface area contributed by atoms with Crippen LogP contribution in [0.15, 0.2) is 0 Å². The van der Waals surface area contributed by atoms with E-state index < -0.39 is 12.7 Å². The standard InChI is InChI=1S/C14H27F3N2/c1-3-5-13(6-8-18-9-7-13)11-19(10-4-2)12-14(15,16)17/h18H,3-12H2,1-2H3. The number of nitrogens with zero attached hydrogens (tertiary/aromatic N) is 1. The third-order valence-electron chi connectivity index (χ3n) is 3.95. The molecule has 0 aromatic carbocycles. The first-order valence-corrected chi connectivity index (χ1v) is 7.40. The number of nitrogens with one attached hydrogen (secondary N) is 1. The number of hydrogen-bond acceptors (Lipinski definition) is 2. The maximum Gasteiger partial charge on any atom is 0.401 e. The monoisotopic (exact) mass is 280 g/mol. The topological polar surface area (TPSA) is 15.3 Å². The van der Waals surface area contributed by atoms with E-state index in [0.717, 1.165) is 45.2 Å². The molecule has 0 saturated carbocycles. The molecule has 2 nitrogen and oxygen atoms in total. The van der Waals surface area contributed by atoms with Crippen LogP contribution < -0.4 is 5.32 Å². The van der Waals surface area contributed by atoms with Crippen LogP contribution in [-0.2, 0) is 0 Å². The maximum atomic E-state index is 12.6. The highest BCUT2D eigenvalue weighted by Gasteiger charge is 2.37. The van der Waals surface area contributed by atoms with Gasteiger partial charge in [0.15, 0.2) is 0 Å². The van der Waals surface area contributed by atoms with Gasteiger partial charge < -0.3 is 5.32 Å². The average molecular weight is 280 g/mol. The molecular weight excluding hydrogens is 253 g/mol. The van der Waals surface area contributed by atoms with Crippen molar-refractivity contribution < 1.29 is 13.2 Å². The largest absolute Gasteiger partial charge is 0.401 e. The van der Waals surface area contributed by atoms with Gasteiger partial charge in [-0.25, -0.2) is 0 Å². The fraction of sp³-hybridized carbons (Fsp3) is 1.00. The Morgan fingerprint density at radius 1 is 1.11 bits per heavy atom. The van der Waals surface area contributed by atoms with Gasteiger partial charge in [0.05, 0.1) is 6.54 Å². The molecule has 0 unspecified atom stereocenters. The lowest BCUT2D eigenvalue weighted by Gasteiger charge is -2.41. The fourth-order valence-corrected chi connectivity index (χ4v) is 3.23. The highest BCUT2D eigenvalue weighted by molar-refractivity contribution is 4.87. The lowest BCUT2D eigenvalue weighted by molar-refractivity contribution is -0.150. The minimum atomic E-state index is -4.09. The summed E-state index contributed by atoms with van der Waals surface area (Å²) in [7, 11) is 0. The molecular formula is C14H27F3N2. The van der Waals surface area contributed by atoms with Crippen LogP contribution in [0.2, 0.25) is 0 Å². The average Bonchev–Trinajstić information content (AvgIpc) is 2.28. The lowest BCUT2D eigenvalue weighted by Crippen LogP contribution is -2.47. The summed E-state index contributed by atoms with van der Waals surface area (Å²) in [5.41, 5.74) is 0.0838. The van der Waals surface area contributed by atoms with Gasteiger partial charge >= 0.3 is 6.18 Å². The molecule has 1 heterocycles. The molecule has 0 radical (unpaired) electrons.